The number of hydrogen-bond donors (Lipinski definition) is 0. The summed E-state index contributed by atoms with van der Waals surface area (Å²) in [5.74, 6) is 0.279. The van der Waals surface area contributed by atoms with Crippen LogP contribution in [0.15, 0.2) is 24.0 Å². The Morgan fingerprint density at radius 2 is 2.20 bits per heavy atom. The van der Waals surface area contributed by atoms with Crippen LogP contribution in [0.25, 0.3) is 0 Å². The molecule has 0 fully saturated rings. The summed E-state index contributed by atoms with van der Waals surface area (Å²) in [6.07, 6.45) is 6.74. The van der Waals surface area contributed by atoms with Crippen LogP contribution < -0.4 is 0 Å². The second-order valence-corrected chi connectivity index (χ2v) is 1.96. The van der Waals surface area contributed by atoms with E-state index in [1.165, 1.54) is 0 Å². The van der Waals surface area contributed by atoms with Crippen molar-refractivity contribution in [1.82, 2.24) is 0 Å². The zero-order valence-electron chi connectivity index (χ0n) is 5.39. The van der Waals surface area contributed by atoms with Gasteiger partial charge in [0.2, 0.25) is 0 Å². The molecule has 1 rings (SSSR count). The van der Waals surface area contributed by atoms with E-state index < -0.39 is 6.61 Å². The molecule has 0 aromatic rings. The Balaban J connectivity index is 2.40. The summed E-state index contributed by atoms with van der Waals surface area (Å²) in [4.78, 5) is 0. The fourth-order valence-corrected chi connectivity index (χ4v) is 0.780. The standard InChI is InChI=1S/C7H8F2O/c8-7(9)10-6-4-2-1-3-5-6/h2,4-5,7H,1,3H2. The summed E-state index contributed by atoms with van der Waals surface area (Å²) < 4.78 is 27.2. The van der Waals surface area contributed by atoms with Gasteiger partial charge in [-0.1, -0.05) is 6.08 Å². The normalized spacial score (nSPS) is 17.3. The molecule has 10 heavy (non-hydrogen) atoms. The number of hydrogen-bond acceptors (Lipinski definition) is 1. The fourth-order valence-electron chi connectivity index (χ4n) is 0.780. The predicted octanol–water partition coefficient (Wildman–Crippen LogP) is 2.46. The highest BCUT2D eigenvalue weighted by Crippen LogP contribution is 2.13. The zero-order chi connectivity index (χ0) is 7.40. The minimum Gasteiger partial charge on any atom is -0.435 e. The maximum absolute atomic E-state index is 11.5. The summed E-state index contributed by atoms with van der Waals surface area (Å²) in [7, 11) is 0. The second-order valence-electron chi connectivity index (χ2n) is 1.96. The van der Waals surface area contributed by atoms with Gasteiger partial charge in [-0.3, -0.25) is 0 Å². The van der Waals surface area contributed by atoms with Crippen molar-refractivity contribution in [3.05, 3.63) is 24.0 Å². The largest absolute Gasteiger partial charge is 0.435 e. The molecule has 0 aromatic heterocycles. The SMILES string of the molecule is FC(F)OC1=CCCC=C1. The fraction of sp³-hybridized carbons (Fsp3) is 0.429. The third-order valence-electron chi connectivity index (χ3n) is 1.19. The Morgan fingerprint density at radius 1 is 1.40 bits per heavy atom. The molecule has 0 unspecified atom stereocenters. The van der Waals surface area contributed by atoms with E-state index in [9.17, 15) is 8.78 Å². The van der Waals surface area contributed by atoms with E-state index in [0.717, 1.165) is 12.8 Å². The molecule has 0 N–H and O–H groups in total. The number of halogens is 2. The molecular formula is C7H8F2O. The van der Waals surface area contributed by atoms with Gasteiger partial charge in [-0.05, 0) is 25.0 Å². The van der Waals surface area contributed by atoms with E-state index in [1.807, 2.05) is 6.08 Å². The number of allylic oxidation sites excluding steroid dienone is 3. The maximum Gasteiger partial charge on any atom is 0.387 e. The highest BCUT2D eigenvalue weighted by atomic mass is 19.3. The lowest BCUT2D eigenvalue weighted by atomic mass is 10.2. The first kappa shape index (κ1) is 7.25. The Kier molecular flexibility index (Phi) is 2.42. The van der Waals surface area contributed by atoms with E-state index in [4.69, 9.17) is 0 Å². The molecule has 0 saturated carbocycles. The average Bonchev–Trinajstić information content (AvgIpc) is 1.88. The van der Waals surface area contributed by atoms with Crippen LogP contribution in [0.1, 0.15) is 12.8 Å². The van der Waals surface area contributed by atoms with Gasteiger partial charge >= 0.3 is 6.61 Å². The van der Waals surface area contributed by atoms with Gasteiger partial charge in [0.1, 0.15) is 5.76 Å². The molecular weight excluding hydrogens is 138 g/mol. The van der Waals surface area contributed by atoms with Crippen molar-refractivity contribution in [3.63, 3.8) is 0 Å². The smallest absolute Gasteiger partial charge is 0.387 e. The summed E-state index contributed by atoms with van der Waals surface area (Å²) >= 11 is 0. The van der Waals surface area contributed by atoms with Crippen LogP contribution in [0.2, 0.25) is 0 Å². The lowest BCUT2D eigenvalue weighted by Gasteiger charge is -2.07. The minimum absolute atomic E-state index is 0.279. The summed E-state index contributed by atoms with van der Waals surface area (Å²) in [5.41, 5.74) is 0. The Bertz CT molecular complexity index is 161. The zero-order valence-corrected chi connectivity index (χ0v) is 5.39. The minimum atomic E-state index is -2.70. The summed E-state index contributed by atoms with van der Waals surface area (Å²) in [5, 5.41) is 0. The Labute approximate surface area is 58.0 Å². The lowest BCUT2D eigenvalue weighted by Crippen LogP contribution is -1.98. The third kappa shape index (κ3) is 2.17. The topological polar surface area (TPSA) is 9.23 Å². The van der Waals surface area contributed by atoms with E-state index >= 15 is 0 Å². The van der Waals surface area contributed by atoms with Gasteiger partial charge < -0.3 is 4.74 Å². The maximum atomic E-state index is 11.5. The molecule has 0 amide bonds. The average molecular weight is 146 g/mol. The van der Waals surface area contributed by atoms with Crippen molar-refractivity contribution in [3.8, 4) is 0 Å². The Hall–Kier alpha value is -0.860. The summed E-state index contributed by atoms with van der Waals surface area (Å²) in [6.45, 7) is -2.70. The van der Waals surface area contributed by atoms with Gasteiger partial charge in [-0.25, -0.2) is 0 Å². The van der Waals surface area contributed by atoms with Crippen molar-refractivity contribution < 1.29 is 13.5 Å². The number of ether oxygens (including phenoxy) is 1. The molecule has 0 atom stereocenters. The predicted molar refractivity (Wildman–Crippen MR) is 33.5 cm³/mol. The van der Waals surface area contributed by atoms with Crippen molar-refractivity contribution in [2.75, 3.05) is 0 Å². The molecule has 0 bridgehead atoms. The number of alkyl halides is 2. The van der Waals surface area contributed by atoms with Crippen molar-refractivity contribution in [2.24, 2.45) is 0 Å². The highest BCUT2D eigenvalue weighted by molar-refractivity contribution is 5.15. The first-order valence-electron chi connectivity index (χ1n) is 3.10. The van der Waals surface area contributed by atoms with Gasteiger partial charge in [0, 0.05) is 0 Å². The molecule has 0 aromatic carbocycles. The number of rotatable bonds is 2. The monoisotopic (exact) mass is 146 g/mol. The molecule has 56 valence electrons. The van der Waals surface area contributed by atoms with Gasteiger partial charge in [0.15, 0.2) is 0 Å². The molecule has 0 saturated heterocycles. The molecule has 0 spiro atoms. The highest BCUT2D eigenvalue weighted by Gasteiger charge is 2.04. The van der Waals surface area contributed by atoms with Crippen LogP contribution >= 0.6 is 0 Å². The molecule has 1 aliphatic carbocycles. The van der Waals surface area contributed by atoms with Crippen molar-refractivity contribution >= 4 is 0 Å². The van der Waals surface area contributed by atoms with Gasteiger partial charge in [-0.2, -0.15) is 8.78 Å². The first-order chi connectivity index (χ1) is 4.79. The van der Waals surface area contributed by atoms with E-state index in [2.05, 4.69) is 4.74 Å². The quantitative estimate of drug-likeness (QED) is 0.581. The first-order valence-corrected chi connectivity index (χ1v) is 3.10. The van der Waals surface area contributed by atoms with Gasteiger partial charge in [-0.15, -0.1) is 0 Å². The lowest BCUT2D eigenvalue weighted by molar-refractivity contribution is -0.0924. The van der Waals surface area contributed by atoms with Crippen LogP contribution in [0.3, 0.4) is 0 Å². The van der Waals surface area contributed by atoms with E-state index in [1.54, 1.807) is 12.2 Å². The van der Waals surface area contributed by atoms with Gasteiger partial charge in [0.25, 0.3) is 0 Å². The molecule has 0 heterocycles. The molecule has 0 radical (unpaired) electrons. The third-order valence-corrected chi connectivity index (χ3v) is 1.19. The van der Waals surface area contributed by atoms with Crippen LogP contribution in [-0.2, 0) is 4.74 Å². The molecule has 1 aliphatic rings. The van der Waals surface area contributed by atoms with Crippen molar-refractivity contribution in [1.29, 1.82) is 0 Å². The van der Waals surface area contributed by atoms with Gasteiger partial charge in [0.05, 0.1) is 0 Å². The van der Waals surface area contributed by atoms with Crippen LogP contribution in [0.5, 0.6) is 0 Å². The Morgan fingerprint density at radius 3 is 2.70 bits per heavy atom. The molecule has 1 nitrogen and oxygen atoms in total. The van der Waals surface area contributed by atoms with Crippen molar-refractivity contribution in [2.45, 2.75) is 19.5 Å². The molecule has 0 aliphatic heterocycles. The molecule has 3 heteroatoms. The van der Waals surface area contributed by atoms with E-state index in [-0.39, 0.29) is 5.76 Å². The van der Waals surface area contributed by atoms with Crippen LogP contribution in [0, 0.1) is 0 Å². The van der Waals surface area contributed by atoms with Crippen LogP contribution in [0.4, 0.5) is 8.78 Å². The second kappa shape index (κ2) is 3.34. The van der Waals surface area contributed by atoms with Crippen LogP contribution in [-0.4, -0.2) is 6.61 Å². The van der Waals surface area contributed by atoms with E-state index in [0.29, 0.717) is 0 Å². The summed E-state index contributed by atoms with van der Waals surface area (Å²) in [6, 6.07) is 0.